The third kappa shape index (κ3) is 1.66. The lowest BCUT2D eigenvalue weighted by Gasteiger charge is -2.11. The Morgan fingerprint density at radius 2 is 1.89 bits per heavy atom. The molecule has 0 aliphatic heterocycles. The zero-order valence-electron chi connectivity index (χ0n) is 9.47. The number of hydrogen-bond donors (Lipinski definition) is 0. The Morgan fingerprint density at radius 1 is 1.11 bits per heavy atom. The van der Waals surface area contributed by atoms with Crippen molar-refractivity contribution in [2.45, 2.75) is 6.04 Å². The van der Waals surface area contributed by atoms with Crippen LogP contribution < -0.4 is 0 Å². The van der Waals surface area contributed by atoms with Crippen LogP contribution in [0.2, 0.25) is 0 Å². The van der Waals surface area contributed by atoms with Crippen molar-refractivity contribution in [2.75, 3.05) is 0 Å². The fourth-order valence-corrected chi connectivity index (χ4v) is 1.91. The molecule has 3 rings (SSSR count). The van der Waals surface area contributed by atoms with Gasteiger partial charge < -0.3 is 4.79 Å². The molecule has 0 saturated carbocycles. The van der Waals surface area contributed by atoms with Gasteiger partial charge in [-0.3, -0.25) is 0 Å². The quantitative estimate of drug-likeness (QED) is 0.650. The summed E-state index contributed by atoms with van der Waals surface area (Å²) in [5.74, 6) is 0. The Bertz CT molecular complexity index is 678. The molecule has 88 valence electrons. The van der Waals surface area contributed by atoms with Crippen molar-refractivity contribution in [2.24, 2.45) is 0 Å². The number of aromatic nitrogens is 4. The molecule has 1 unspecified atom stereocenters. The van der Waals surface area contributed by atoms with E-state index in [0.29, 0.717) is 11.2 Å². The van der Waals surface area contributed by atoms with Gasteiger partial charge in [0.05, 0.1) is 6.20 Å². The summed E-state index contributed by atoms with van der Waals surface area (Å²) in [6.07, 6.45) is 5.67. The van der Waals surface area contributed by atoms with Gasteiger partial charge in [0.2, 0.25) is 0 Å². The summed E-state index contributed by atoms with van der Waals surface area (Å²) in [6, 6.07) is 9.00. The van der Waals surface area contributed by atoms with Crippen LogP contribution in [0.25, 0.3) is 11.2 Å². The van der Waals surface area contributed by atoms with Crippen LogP contribution >= 0.6 is 0 Å². The smallest absolute Gasteiger partial charge is 0.177 e. The molecule has 0 radical (unpaired) electrons. The Kier molecular flexibility index (Phi) is 2.57. The minimum atomic E-state index is -0.472. The highest BCUT2D eigenvalue weighted by Gasteiger charge is 2.16. The molecule has 0 aliphatic carbocycles. The number of benzene rings is 1. The molecule has 0 saturated heterocycles. The van der Waals surface area contributed by atoms with Gasteiger partial charge in [0, 0.05) is 12.4 Å². The summed E-state index contributed by atoms with van der Waals surface area (Å²) in [4.78, 5) is 19.7. The monoisotopic (exact) mass is 238 g/mol. The Hall–Kier alpha value is -2.56. The maximum atomic E-state index is 11.3. The molecule has 0 amide bonds. The van der Waals surface area contributed by atoms with E-state index in [1.165, 1.54) is 0 Å². The lowest BCUT2D eigenvalue weighted by Crippen LogP contribution is -2.13. The highest BCUT2D eigenvalue weighted by atomic mass is 16.1. The zero-order chi connectivity index (χ0) is 12.4. The number of carbonyl (C=O) groups is 1. The number of fused-ring (bicyclic) bond motifs is 1. The van der Waals surface area contributed by atoms with Gasteiger partial charge in [0.25, 0.3) is 0 Å². The van der Waals surface area contributed by atoms with Crippen molar-refractivity contribution in [1.82, 2.24) is 19.7 Å². The molecular weight excluding hydrogens is 228 g/mol. The van der Waals surface area contributed by atoms with Crippen LogP contribution in [0.1, 0.15) is 11.6 Å². The van der Waals surface area contributed by atoms with Crippen LogP contribution in [0.4, 0.5) is 0 Å². The molecule has 0 fully saturated rings. The maximum Gasteiger partial charge on any atom is 0.177 e. The molecule has 5 nitrogen and oxygen atoms in total. The lowest BCUT2D eigenvalue weighted by molar-refractivity contribution is -0.109. The molecule has 0 spiro atoms. The number of nitrogens with zero attached hydrogens (tertiary/aromatic N) is 4. The highest BCUT2D eigenvalue weighted by Crippen LogP contribution is 2.19. The van der Waals surface area contributed by atoms with Gasteiger partial charge in [-0.2, -0.15) is 5.10 Å². The van der Waals surface area contributed by atoms with Gasteiger partial charge in [0.15, 0.2) is 5.65 Å². The molecule has 1 aromatic carbocycles. The van der Waals surface area contributed by atoms with Crippen molar-refractivity contribution in [3.63, 3.8) is 0 Å². The van der Waals surface area contributed by atoms with Gasteiger partial charge in [0.1, 0.15) is 17.8 Å². The molecule has 0 bridgehead atoms. The molecule has 0 aliphatic rings. The topological polar surface area (TPSA) is 60.7 Å². The van der Waals surface area contributed by atoms with E-state index in [2.05, 4.69) is 15.1 Å². The maximum absolute atomic E-state index is 11.3. The number of hydrogen-bond acceptors (Lipinski definition) is 4. The Morgan fingerprint density at radius 3 is 2.67 bits per heavy atom. The van der Waals surface area contributed by atoms with Crippen molar-refractivity contribution in [3.8, 4) is 0 Å². The van der Waals surface area contributed by atoms with E-state index >= 15 is 0 Å². The van der Waals surface area contributed by atoms with Crippen LogP contribution in [-0.2, 0) is 4.79 Å². The van der Waals surface area contributed by atoms with Crippen LogP contribution in [0, 0.1) is 0 Å². The van der Waals surface area contributed by atoms with E-state index in [-0.39, 0.29) is 0 Å². The molecular formula is C13H10N4O. The van der Waals surface area contributed by atoms with Crippen LogP contribution in [0.5, 0.6) is 0 Å². The lowest BCUT2D eigenvalue weighted by atomic mass is 10.1. The molecule has 1 atom stereocenters. The molecule has 2 aromatic heterocycles. The third-order valence-corrected chi connectivity index (χ3v) is 2.76. The SMILES string of the molecule is O=CC(c1ccccc1)n1ncc2nccnc21. The second-order valence-electron chi connectivity index (χ2n) is 3.85. The summed E-state index contributed by atoms with van der Waals surface area (Å²) < 4.78 is 1.59. The van der Waals surface area contributed by atoms with E-state index in [0.717, 1.165) is 11.8 Å². The summed E-state index contributed by atoms with van der Waals surface area (Å²) in [5, 5.41) is 4.20. The third-order valence-electron chi connectivity index (χ3n) is 2.76. The predicted molar refractivity (Wildman–Crippen MR) is 66.0 cm³/mol. The minimum Gasteiger partial charge on any atom is -0.301 e. The normalized spacial score (nSPS) is 12.4. The first-order chi connectivity index (χ1) is 8.90. The summed E-state index contributed by atoms with van der Waals surface area (Å²) in [5.41, 5.74) is 2.17. The molecule has 5 heteroatoms. The fourth-order valence-electron chi connectivity index (χ4n) is 1.91. The standard InChI is InChI=1S/C13H10N4O/c18-9-12(10-4-2-1-3-5-10)17-13-11(8-16-17)14-6-7-15-13/h1-9,12H. The highest BCUT2D eigenvalue weighted by molar-refractivity contribution is 5.72. The second kappa shape index (κ2) is 4.37. The van der Waals surface area contributed by atoms with Crippen LogP contribution in [0.3, 0.4) is 0 Å². The predicted octanol–water partition coefficient (Wildman–Crippen LogP) is 1.61. The van der Waals surface area contributed by atoms with Crippen molar-refractivity contribution in [3.05, 3.63) is 54.5 Å². The number of aldehydes is 1. The average molecular weight is 238 g/mol. The van der Waals surface area contributed by atoms with Crippen molar-refractivity contribution < 1.29 is 4.79 Å². The second-order valence-corrected chi connectivity index (χ2v) is 3.85. The zero-order valence-corrected chi connectivity index (χ0v) is 9.47. The molecule has 3 aromatic rings. The van der Waals surface area contributed by atoms with E-state index in [4.69, 9.17) is 0 Å². The van der Waals surface area contributed by atoms with E-state index < -0.39 is 6.04 Å². The summed E-state index contributed by atoms with van der Waals surface area (Å²) in [6.45, 7) is 0. The van der Waals surface area contributed by atoms with Gasteiger partial charge in [-0.1, -0.05) is 30.3 Å². The van der Waals surface area contributed by atoms with Gasteiger partial charge in [-0.25, -0.2) is 14.6 Å². The molecule has 18 heavy (non-hydrogen) atoms. The molecule has 2 heterocycles. The summed E-state index contributed by atoms with van der Waals surface area (Å²) in [7, 11) is 0. The number of rotatable bonds is 3. The number of carbonyl (C=O) groups excluding carboxylic acids is 1. The van der Waals surface area contributed by atoms with Gasteiger partial charge in [-0.05, 0) is 5.56 Å². The van der Waals surface area contributed by atoms with Crippen LogP contribution in [0.15, 0.2) is 48.9 Å². The largest absolute Gasteiger partial charge is 0.301 e. The first-order valence-electron chi connectivity index (χ1n) is 5.54. The van der Waals surface area contributed by atoms with E-state index in [1.807, 2.05) is 30.3 Å². The Labute approximate surface area is 103 Å². The fraction of sp³-hybridized carbons (Fsp3) is 0.0769. The van der Waals surface area contributed by atoms with Gasteiger partial charge in [-0.15, -0.1) is 0 Å². The minimum absolute atomic E-state index is 0.472. The molecule has 0 N–H and O–H groups in total. The Balaban J connectivity index is 2.15. The van der Waals surface area contributed by atoms with Crippen molar-refractivity contribution >= 4 is 17.5 Å². The average Bonchev–Trinajstić information content (AvgIpc) is 2.85. The van der Waals surface area contributed by atoms with Gasteiger partial charge >= 0.3 is 0 Å². The van der Waals surface area contributed by atoms with E-state index in [1.54, 1.807) is 23.3 Å². The van der Waals surface area contributed by atoms with E-state index in [9.17, 15) is 4.79 Å². The summed E-state index contributed by atoms with van der Waals surface area (Å²) >= 11 is 0. The van der Waals surface area contributed by atoms with Crippen LogP contribution in [-0.4, -0.2) is 26.0 Å². The van der Waals surface area contributed by atoms with Crippen molar-refractivity contribution in [1.29, 1.82) is 0 Å². The first-order valence-corrected chi connectivity index (χ1v) is 5.54. The first kappa shape index (κ1) is 10.6.